The number of carbonyl (C=O) groups is 1. The molecule has 0 radical (unpaired) electrons. The minimum Gasteiger partial charge on any atom is -0.296 e. The van der Waals surface area contributed by atoms with E-state index >= 15 is 0 Å². The lowest BCUT2D eigenvalue weighted by Gasteiger charge is -2.00. The minimum absolute atomic E-state index is 0.254. The zero-order valence-electron chi connectivity index (χ0n) is 12.7. The van der Waals surface area contributed by atoms with Crippen LogP contribution >= 0.6 is 23.1 Å². The summed E-state index contributed by atoms with van der Waals surface area (Å²) in [5.74, 6) is 0.133. The van der Waals surface area contributed by atoms with Crippen molar-refractivity contribution in [2.45, 2.75) is 17.0 Å². The molecule has 8 heteroatoms. The number of pyridine rings is 1. The van der Waals surface area contributed by atoms with Gasteiger partial charge in [0.25, 0.3) is 5.91 Å². The number of thioether (sulfide) groups is 1. The Morgan fingerprint density at radius 2 is 2.00 bits per heavy atom. The number of hydrogen-bond acceptors (Lipinski definition) is 6. The average molecular weight is 360 g/mol. The van der Waals surface area contributed by atoms with Gasteiger partial charge in [-0.1, -0.05) is 35.2 Å². The van der Waals surface area contributed by atoms with Gasteiger partial charge in [-0.15, -0.1) is 10.2 Å². The zero-order valence-corrected chi connectivity index (χ0v) is 14.3. The first-order chi connectivity index (χ1) is 11.6. The van der Waals surface area contributed by atoms with Crippen molar-refractivity contribution in [3.63, 3.8) is 0 Å². The number of hydrogen-bond donors (Lipinski definition) is 1. The van der Waals surface area contributed by atoms with Crippen molar-refractivity contribution in [2.24, 2.45) is 0 Å². The Hall–Kier alpha value is -2.32. The van der Waals surface area contributed by atoms with Crippen molar-refractivity contribution < 1.29 is 9.18 Å². The second-order valence-electron chi connectivity index (χ2n) is 4.93. The molecule has 5 nitrogen and oxygen atoms in total. The molecule has 0 atom stereocenters. The van der Waals surface area contributed by atoms with Crippen LogP contribution in [0.15, 0.2) is 46.9 Å². The molecule has 0 bridgehead atoms. The van der Waals surface area contributed by atoms with Crippen LogP contribution in [-0.2, 0) is 5.75 Å². The monoisotopic (exact) mass is 360 g/mol. The molecule has 1 amide bonds. The second kappa shape index (κ2) is 7.50. The van der Waals surface area contributed by atoms with Crippen LogP contribution in [0.1, 0.15) is 21.6 Å². The topological polar surface area (TPSA) is 67.8 Å². The van der Waals surface area contributed by atoms with Crippen molar-refractivity contribution in [2.75, 3.05) is 5.32 Å². The van der Waals surface area contributed by atoms with Gasteiger partial charge in [0.2, 0.25) is 5.13 Å². The van der Waals surface area contributed by atoms with Crippen LogP contribution in [0.5, 0.6) is 0 Å². The molecule has 2 aromatic heterocycles. The molecule has 3 rings (SSSR count). The van der Waals surface area contributed by atoms with Crippen molar-refractivity contribution in [3.8, 4) is 0 Å². The highest BCUT2D eigenvalue weighted by Gasteiger charge is 2.11. The number of carbonyl (C=O) groups excluding carboxylic acids is 1. The molecule has 3 aromatic rings. The molecular weight excluding hydrogens is 347 g/mol. The van der Waals surface area contributed by atoms with Gasteiger partial charge < -0.3 is 0 Å². The summed E-state index contributed by atoms with van der Waals surface area (Å²) in [5.41, 5.74) is 2.31. The zero-order chi connectivity index (χ0) is 16.9. The van der Waals surface area contributed by atoms with Crippen LogP contribution in [-0.4, -0.2) is 21.1 Å². The molecule has 0 saturated carbocycles. The maximum atomic E-state index is 12.9. The smallest absolute Gasteiger partial charge is 0.259 e. The number of anilines is 1. The van der Waals surface area contributed by atoms with Gasteiger partial charge in [0.15, 0.2) is 4.34 Å². The molecule has 1 N–H and O–H groups in total. The summed E-state index contributed by atoms with van der Waals surface area (Å²) >= 11 is 2.78. The number of rotatable bonds is 5. The predicted molar refractivity (Wildman–Crippen MR) is 92.8 cm³/mol. The molecule has 122 valence electrons. The van der Waals surface area contributed by atoms with Gasteiger partial charge in [-0.05, 0) is 36.8 Å². The van der Waals surface area contributed by atoms with Gasteiger partial charge in [-0.25, -0.2) is 4.39 Å². The van der Waals surface area contributed by atoms with E-state index in [1.807, 2.05) is 6.92 Å². The summed E-state index contributed by atoms with van der Waals surface area (Å²) in [7, 11) is 0. The van der Waals surface area contributed by atoms with Crippen molar-refractivity contribution in [1.82, 2.24) is 15.2 Å². The van der Waals surface area contributed by atoms with E-state index in [1.54, 1.807) is 24.3 Å². The SMILES string of the molecule is Cc1ccc(C(=O)Nc2nnc(SCc3ccc(F)cc3)s2)cn1. The average Bonchev–Trinajstić information content (AvgIpc) is 3.02. The second-order valence-corrected chi connectivity index (χ2v) is 7.13. The number of nitrogens with one attached hydrogen (secondary N) is 1. The highest BCUT2D eigenvalue weighted by Crippen LogP contribution is 2.28. The number of nitrogens with zero attached hydrogens (tertiary/aromatic N) is 3. The first kappa shape index (κ1) is 16.5. The Balaban J connectivity index is 1.58. The fourth-order valence-electron chi connectivity index (χ4n) is 1.82. The third-order valence-electron chi connectivity index (χ3n) is 3.08. The summed E-state index contributed by atoms with van der Waals surface area (Å²) in [5, 5.41) is 11.1. The fraction of sp³-hybridized carbons (Fsp3) is 0.125. The molecule has 24 heavy (non-hydrogen) atoms. The lowest BCUT2D eigenvalue weighted by atomic mass is 10.2. The van der Waals surface area contributed by atoms with Crippen LogP contribution in [0, 0.1) is 12.7 Å². The van der Waals surface area contributed by atoms with E-state index in [4.69, 9.17) is 0 Å². The Labute approximate surface area is 146 Å². The van der Waals surface area contributed by atoms with Crippen molar-refractivity contribution in [1.29, 1.82) is 0 Å². The minimum atomic E-state index is -0.270. The summed E-state index contributed by atoms with van der Waals surface area (Å²) in [4.78, 5) is 16.2. The molecule has 0 unspecified atom stereocenters. The molecule has 0 spiro atoms. The number of aromatic nitrogens is 3. The largest absolute Gasteiger partial charge is 0.296 e. The van der Waals surface area contributed by atoms with Crippen LogP contribution in [0.2, 0.25) is 0 Å². The summed E-state index contributed by atoms with van der Waals surface area (Å²) in [6.45, 7) is 1.86. The van der Waals surface area contributed by atoms with Crippen LogP contribution < -0.4 is 5.32 Å². The van der Waals surface area contributed by atoms with Crippen LogP contribution in [0.3, 0.4) is 0 Å². The highest BCUT2D eigenvalue weighted by molar-refractivity contribution is 8.00. The first-order valence-electron chi connectivity index (χ1n) is 7.05. The van der Waals surface area contributed by atoms with E-state index in [2.05, 4.69) is 20.5 Å². The van der Waals surface area contributed by atoms with E-state index in [1.165, 1.54) is 41.4 Å². The molecule has 0 fully saturated rings. The van der Waals surface area contributed by atoms with Crippen LogP contribution in [0.4, 0.5) is 9.52 Å². The van der Waals surface area contributed by atoms with Gasteiger partial charge in [0.05, 0.1) is 5.56 Å². The van der Waals surface area contributed by atoms with Gasteiger partial charge in [0, 0.05) is 17.6 Å². The van der Waals surface area contributed by atoms with Gasteiger partial charge >= 0.3 is 0 Å². The van der Waals surface area contributed by atoms with Crippen LogP contribution in [0.25, 0.3) is 0 Å². The van der Waals surface area contributed by atoms with E-state index in [0.29, 0.717) is 16.4 Å². The molecule has 1 aromatic carbocycles. The lowest BCUT2D eigenvalue weighted by Crippen LogP contribution is -2.12. The lowest BCUT2D eigenvalue weighted by molar-refractivity contribution is 0.102. The van der Waals surface area contributed by atoms with E-state index in [9.17, 15) is 9.18 Å². The van der Waals surface area contributed by atoms with Crippen molar-refractivity contribution in [3.05, 3.63) is 65.2 Å². The summed E-state index contributed by atoms with van der Waals surface area (Å²) in [6, 6.07) is 9.81. The third kappa shape index (κ3) is 4.36. The summed E-state index contributed by atoms with van der Waals surface area (Å²) < 4.78 is 13.6. The Kier molecular flexibility index (Phi) is 5.17. The van der Waals surface area contributed by atoms with Crippen molar-refractivity contribution >= 4 is 34.1 Å². The van der Waals surface area contributed by atoms with E-state index < -0.39 is 0 Å². The molecular formula is C16H13FN4OS2. The quantitative estimate of drug-likeness (QED) is 0.552. The molecule has 0 aliphatic rings. The molecule has 0 saturated heterocycles. The standard InChI is InChI=1S/C16H13FN4OS2/c1-10-2-5-12(8-18-10)14(22)19-15-20-21-16(24-15)23-9-11-3-6-13(17)7-4-11/h2-8H,9H2,1H3,(H,19,20,22). The highest BCUT2D eigenvalue weighted by atomic mass is 32.2. The van der Waals surface area contributed by atoms with Gasteiger partial charge in [-0.3, -0.25) is 15.1 Å². The van der Waals surface area contributed by atoms with E-state index in [0.717, 1.165) is 15.6 Å². The number of aryl methyl sites for hydroxylation is 1. The Morgan fingerprint density at radius 3 is 2.71 bits per heavy atom. The number of benzene rings is 1. The fourth-order valence-corrected chi connectivity index (χ4v) is 3.52. The van der Waals surface area contributed by atoms with E-state index in [-0.39, 0.29) is 11.7 Å². The predicted octanol–water partition coefficient (Wildman–Crippen LogP) is 3.93. The Bertz CT molecular complexity index is 834. The maximum absolute atomic E-state index is 12.9. The molecule has 0 aliphatic carbocycles. The first-order valence-corrected chi connectivity index (χ1v) is 8.85. The molecule has 2 heterocycles. The maximum Gasteiger partial charge on any atom is 0.259 e. The molecule has 0 aliphatic heterocycles. The van der Waals surface area contributed by atoms with Gasteiger partial charge in [0.1, 0.15) is 5.82 Å². The Morgan fingerprint density at radius 1 is 1.21 bits per heavy atom. The normalized spacial score (nSPS) is 10.6. The number of amides is 1. The van der Waals surface area contributed by atoms with Gasteiger partial charge in [-0.2, -0.15) is 0 Å². The third-order valence-corrected chi connectivity index (χ3v) is 5.12. The number of halogens is 1. The summed E-state index contributed by atoms with van der Waals surface area (Å²) in [6.07, 6.45) is 1.52.